The van der Waals surface area contributed by atoms with Crippen LogP contribution in [0.5, 0.6) is 5.75 Å². The summed E-state index contributed by atoms with van der Waals surface area (Å²) in [7, 11) is 0. The highest BCUT2D eigenvalue weighted by molar-refractivity contribution is 6.32. The molecule has 8 heteroatoms. The third-order valence-corrected chi connectivity index (χ3v) is 3.03. The molecule has 0 aliphatic carbocycles. The van der Waals surface area contributed by atoms with E-state index in [1.54, 1.807) is 43.5 Å². The summed E-state index contributed by atoms with van der Waals surface area (Å²) in [5.74, 6) is -0.174. The quantitative estimate of drug-likeness (QED) is 0.840. The lowest BCUT2D eigenvalue weighted by molar-refractivity contribution is -0.122. The van der Waals surface area contributed by atoms with Crippen LogP contribution in [0, 0.1) is 0 Å². The second kappa shape index (κ2) is 6.95. The summed E-state index contributed by atoms with van der Waals surface area (Å²) in [5, 5.41) is 7.01. The first kappa shape index (κ1) is 15.8. The molecule has 0 spiro atoms. The number of carbonyl (C=O) groups is 2. The first-order valence-electron chi connectivity index (χ1n) is 6.49. The maximum Gasteiger partial charge on any atom is 0.266 e. The second-order valence-corrected chi connectivity index (χ2v) is 4.95. The molecule has 0 aliphatic rings. The molecule has 1 aromatic carbocycles. The zero-order chi connectivity index (χ0) is 16.1. The molecule has 0 saturated heterocycles. The SMILES string of the molecule is C[C@H](Oc1ccccc1Cl)C(=O)Nc1ccn(CC(N)=O)n1. The number of hydrogen-bond acceptors (Lipinski definition) is 4. The molecular weight excluding hydrogens is 308 g/mol. The lowest BCUT2D eigenvalue weighted by atomic mass is 10.3. The minimum atomic E-state index is -0.763. The van der Waals surface area contributed by atoms with Gasteiger partial charge in [-0.3, -0.25) is 14.3 Å². The van der Waals surface area contributed by atoms with Crippen molar-refractivity contribution in [3.63, 3.8) is 0 Å². The molecule has 1 atom stereocenters. The molecule has 0 bridgehead atoms. The number of primary amides is 1. The van der Waals surface area contributed by atoms with Crippen LogP contribution in [-0.2, 0) is 16.1 Å². The molecule has 3 N–H and O–H groups in total. The van der Waals surface area contributed by atoms with E-state index in [4.69, 9.17) is 22.1 Å². The van der Waals surface area contributed by atoms with Gasteiger partial charge in [0.2, 0.25) is 5.91 Å². The summed E-state index contributed by atoms with van der Waals surface area (Å²) < 4.78 is 6.83. The summed E-state index contributed by atoms with van der Waals surface area (Å²) in [6.07, 6.45) is 0.779. The third kappa shape index (κ3) is 4.23. The van der Waals surface area contributed by atoms with Crippen molar-refractivity contribution in [2.75, 3.05) is 5.32 Å². The number of hydrogen-bond donors (Lipinski definition) is 2. The van der Waals surface area contributed by atoms with Gasteiger partial charge < -0.3 is 15.8 Å². The predicted molar refractivity (Wildman–Crippen MR) is 81.6 cm³/mol. The zero-order valence-electron chi connectivity index (χ0n) is 11.8. The van der Waals surface area contributed by atoms with Crippen LogP contribution in [0.4, 0.5) is 5.82 Å². The Kier molecular flexibility index (Phi) is 5.00. The number of benzene rings is 1. The highest BCUT2D eigenvalue weighted by atomic mass is 35.5. The minimum absolute atomic E-state index is 0.0540. The molecule has 2 rings (SSSR count). The van der Waals surface area contributed by atoms with E-state index in [1.807, 2.05) is 0 Å². The van der Waals surface area contributed by atoms with Crippen LogP contribution in [-0.4, -0.2) is 27.7 Å². The van der Waals surface area contributed by atoms with E-state index < -0.39 is 12.0 Å². The van der Waals surface area contributed by atoms with E-state index in [2.05, 4.69) is 10.4 Å². The van der Waals surface area contributed by atoms with Gasteiger partial charge in [0, 0.05) is 12.3 Å². The van der Waals surface area contributed by atoms with Gasteiger partial charge in [0.25, 0.3) is 5.91 Å². The number of aromatic nitrogens is 2. The maximum atomic E-state index is 12.0. The minimum Gasteiger partial charge on any atom is -0.479 e. The topological polar surface area (TPSA) is 99.2 Å². The molecule has 1 heterocycles. The van der Waals surface area contributed by atoms with Gasteiger partial charge in [-0.15, -0.1) is 0 Å². The summed E-state index contributed by atoms with van der Waals surface area (Å²) >= 11 is 5.97. The Morgan fingerprint density at radius 1 is 1.41 bits per heavy atom. The molecule has 2 amide bonds. The molecule has 7 nitrogen and oxygen atoms in total. The number of amides is 2. The van der Waals surface area contributed by atoms with Crippen LogP contribution >= 0.6 is 11.6 Å². The normalized spacial score (nSPS) is 11.7. The number of ether oxygens (including phenoxy) is 1. The van der Waals surface area contributed by atoms with Crippen molar-refractivity contribution in [1.82, 2.24) is 9.78 Å². The van der Waals surface area contributed by atoms with Gasteiger partial charge in [-0.1, -0.05) is 23.7 Å². The smallest absolute Gasteiger partial charge is 0.266 e. The molecule has 22 heavy (non-hydrogen) atoms. The molecule has 0 unspecified atom stereocenters. The number of carbonyl (C=O) groups excluding carboxylic acids is 2. The van der Waals surface area contributed by atoms with Crippen LogP contribution < -0.4 is 15.8 Å². The maximum absolute atomic E-state index is 12.0. The Morgan fingerprint density at radius 3 is 2.82 bits per heavy atom. The Balaban J connectivity index is 1.95. The van der Waals surface area contributed by atoms with Crippen molar-refractivity contribution in [3.05, 3.63) is 41.6 Å². The van der Waals surface area contributed by atoms with E-state index >= 15 is 0 Å². The summed E-state index contributed by atoms with van der Waals surface area (Å²) in [6, 6.07) is 8.44. The third-order valence-electron chi connectivity index (χ3n) is 2.72. The van der Waals surface area contributed by atoms with Gasteiger partial charge in [-0.05, 0) is 19.1 Å². The van der Waals surface area contributed by atoms with Crippen molar-refractivity contribution >= 4 is 29.2 Å². The highest BCUT2D eigenvalue weighted by Gasteiger charge is 2.17. The average molecular weight is 323 g/mol. The van der Waals surface area contributed by atoms with Gasteiger partial charge >= 0.3 is 0 Å². The van der Waals surface area contributed by atoms with Crippen LogP contribution in [0.3, 0.4) is 0 Å². The van der Waals surface area contributed by atoms with E-state index in [0.29, 0.717) is 16.6 Å². The number of nitrogens with one attached hydrogen (secondary N) is 1. The molecule has 0 fully saturated rings. The number of nitrogens with zero attached hydrogens (tertiary/aromatic N) is 2. The summed E-state index contributed by atoms with van der Waals surface area (Å²) in [5.41, 5.74) is 5.06. The van der Waals surface area contributed by atoms with E-state index in [1.165, 1.54) is 4.68 Å². The van der Waals surface area contributed by atoms with Crippen LogP contribution in [0.2, 0.25) is 5.02 Å². The lowest BCUT2D eigenvalue weighted by Gasteiger charge is -2.14. The molecule has 0 saturated carbocycles. The average Bonchev–Trinajstić information content (AvgIpc) is 2.87. The fourth-order valence-corrected chi connectivity index (χ4v) is 1.87. The number of rotatable bonds is 6. The molecule has 0 aliphatic heterocycles. The highest BCUT2D eigenvalue weighted by Crippen LogP contribution is 2.24. The Morgan fingerprint density at radius 2 is 2.14 bits per heavy atom. The van der Waals surface area contributed by atoms with Gasteiger partial charge in [-0.25, -0.2) is 0 Å². The van der Waals surface area contributed by atoms with Crippen molar-refractivity contribution in [2.24, 2.45) is 5.73 Å². The van der Waals surface area contributed by atoms with Crippen LogP contribution in [0.25, 0.3) is 0 Å². The number of nitrogens with two attached hydrogens (primary N) is 1. The molecule has 0 radical (unpaired) electrons. The molecular formula is C14H15ClN4O3. The van der Waals surface area contributed by atoms with Gasteiger partial charge in [0.05, 0.1) is 5.02 Å². The predicted octanol–water partition coefficient (Wildman–Crippen LogP) is 1.43. The van der Waals surface area contributed by atoms with Crippen LogP contribution in [0.15, 0.2) is 36.5 Å². The fourth-order valence-electron chi connectivity index (χ4n) is 1.69. The molecule has 1 aromatic heterocycles. The Bertz CT molecular complexity index is 686. The number of para-hydroxylation sites is 1. The van der Waals surface area contributed by atoms with E-state index in [9.17, 15) is 9.59 Å². The zero-order valence-corrected chi connectivity index (χ0v) is 12.6. The largest absolute Gasteiger partial charge is 0.479 e. The number of halogens is 1. The van der Waals surface area contributed by atoms with Crippen molar-refractivity contribution in [1.29, 1.82) is 0 Å². The lowest BCUT2D eigenvalue weighted by Crippen LogP contribution is -2.30. The molecule has 2 aromatic rings. The van der Waals surface area contributed by atoms with Crippen molar-refractivity contribution in [2.45, 2.75) is 19.6 Å². The van der Waals surface area contributed by atoms with Crippen molar-refractivity contribution in [3.8, 4) is 5.75 Å². The summed E-state index contributed by atoms with van der Waals surface area (Å²) in [6.45, 7) is 1.54. The van der Waals surface area contributed by atoms with E-state index in [0.717, 1.165) is 0 Å². The second-order valence-electron chi connectivity index (χ2n) is 4.54. The monoisotopic (exact) mass is 322 g/mol. The number of anilines is 1. The van der Waals surface area contributed by atoms with Gasteiger partial charge in [0.15, 0.2) is 11.9 Å². The van der Waals surface area contributed by atoms with Gasteiger partial charge in [-0.2, -0.15) is 5.10 Å². The van der Waals surface area contributed by atoms with E-state index in [-0.39, 0.29) is 12.5 Å². The van der Waals surface area contributed by atoms with Gasteiger partial charge in [0.1, 0.15) is 12.3 Å². The van der Waals surface area contributed by atoms with Crippen molar-refractivity contribution < 1.29 is 14.3 Å². The first-order chi connectivity index (χ1) is 10.5. The Hall–Kier alpha value is -2.54. The standard InChI is InChI=1S/C14H15ClN4O3/c1-9(22-11-5-3-2-4-10(11)15)14(21)17-13-6-7-19(18-13)8-12(16)20/h2-7,9H,8H2,1H3,(H2,16,20)(H,17,18,21)/t9-/m0/s1. The van der Waals surface area contributed by atoms with Crippen LogP contribution in [0.1, 0.15) is 6.92 Å². The fraction of sp³-hybridized carbons (Fsp3) is 0.214. The Labute approximate surface area is 132 Å². The first-order valence-corrected chi connectivity index (χ1v) is 6.87. The molecule has 116 valence electrons. The summed E-state index contributed by atoms with van der Waals surface area (Å²) in [4.78, 5) is 22.8.